The Morgan fingerprint density at radius 1 is 1.20 bits per heavy atom. The van der Waals surface area contributed by atoms with E-state index in [1.807, 2.05) is 44.2 Å². The smallest absolute Gasteiger partial charge is 0.229 e. The first-order valence-electron chi connectivity index (χ1n) is 7.83. The fourth-order valence-corrected chi connectivity index (χ4v) is 2.55. The number of hydrogen-bond donors (Lipinski definition) is 1. The predicted octanol–water partition coefficient (Wildman–Crippen LogP) is 2.47. The highest BCUT2D eigenvalue weighted by Crippen LogP contribution is 2.15. The van der Waals surface area contributed by atoms with E-state index in [9.17, 15) is 4.79 Å². The van der Waals surface area contributed by atoms with E-state index in [0.29, 0.717) is 11.6 Å². The molecule has 0 bridgehead atoms. The van der Waals surface area contributed by atoms with Gasteiger partial charge in [-0.15, -0.1) is 0 Å². The Morgan fingerprint density at radius 2 is 2.04 bits per heavy atom. The van der Waals surface area contributed by atoms with Crippen molar-refractivity contribution in [2.45, 2.75) is 20.3 Å². The Kier molecular flexibility index (Phi) is 4.74. The number of nitrogens with zero attached hydrogens (tertiary/aromatic N) is 4. The van der Waals surface area contributed by atoms with Crippen LogP contribution in [0.1, 0.15) is 17.0 Å². The summed E-state index contributed by atoms with van der Waals surface area (Å²) in [6.45, 7) is 3.87. The van der Waals surface area contributed by atoms with Crippen LogP contribution in [0.4, 0.5) is 5.82 Å². The molecule has 0 atom stereocenters. The summed E-state index contributed by atoms with van der Waals surface area (Å²) < 4.78 is 6.89. The van der Waals surface area contributed by atoms with Gasteiger partial charge in [0.2, 0.25) is 5.91 Å². The van der Waals surface area contributed by atoms with Crippen LogP contribution in [0.25, 0.3) is 5.82 Å². The molecule has 7 nitrogen and oxygen atoms in total. The molecule has 128 valence electrons. The SMILES string of the molecule is COc1cccc(CC(=O)Nc2cc(-n3nc(C)cc3C)ncn2)c1. The Labute approximate surface area is 145 Å². The van der Waals surface area contributed by atoms with Gasteiger partial charge in [0.25, 0.3) is 0 Å². The van der Waals surface area contributed by atoms with Crippen molar-refractivity contribution in [1.82, 2.24) is 19.7 Å². The quantitative estimate of drug-likeness (QED) is 0.773. The summed E-state index contributed by atoms with van der Waals surface area (Å²) in [5.41, 5.74) is 2.73. The van der Waals surface area contributed by atoms with Crippen LogP contribution in [0, 0.1) is 13.8 Å². The molecular weight excluding hydrogens is 318 g/mol. The number of amides is 1. The maximum Gasteiger partial charge on any atom is 0.229 e. The van der Waals surface area contributed by atoms with Gasteiger partial charge in [-0.25, -0.2) is 14.6 Å². The first-order chi connectivity index (χ1) is 12.0. The van der Waals surface area contributed by atoms with Crippen LogP contribution >= 0.6 is 0 Å². The summed E-state index contributed by atoms with van der Waals surface area (Å²) in [5.74, 6) is 1.60. The van der Waals surface area contributed by atoms with Crippen molar-refractivity contribution in [2.24, 2.45) is 0 Å². The molecule has 3 aromatic rings. The molecule has 1 N–H and O–H groups in total. The molecule has 0 saturated heterocycles. The fraction of sp³-hybridized carbons (Fsp3) is 0.222. The predicted molar refractivity (Wildman–Crippen MR) is 94.0 cm³/mol. The Morgan fingerprint density at radius 3 is 2.76 bits per heavy atom. The zero-order valence-corrected chi connectivity index (χ0v) is 14.4. The molecule has 0 aliphatic heterocycles. The number of ether oxygens (including phenoxy) is 1. The van der Waals surface area contributed by atoms with Gasteiger partial charge < -0.3 is 10.1 Å². The largest absolute Gasteiger partial charge is 0.497 e. The number of nitrogens with one attached hydrogen (secondary N) is 1. The van der Waals surface area contributed by atoms with E-state index >= 15 is 0 Å². The van der Waals surface area contributed by atoms with Crippen LogP contribution in [0.15, 0.2) is 42.7 Å². The monoisotopic (exact) mass is 337 g/mol. The zero-order chi connectivity index (χ0) is 17.8. The van der Waals surface area contributed by atoms with Crippen LogP contribution < -0.4 is 10.1 Å². The van der Waals surface area contributed by atoms with Gasteiger partial charge >= 0.3 is 0 Å². The molecule has 0 radical (unpaired) electrons. The van der Waals surface area contributed by atoms with Gasteiger partial charge in [-0.3, -0.25) is 4.79 Å². The lowest BCUT2D eigenvalue weighted by Crippen LogP contribution is -2.16. The van der Waals surface area contributed by atoms with Crippen molar-refractivity contribution in [1.29, 1.82) is 0 Å². The minimum Gasteiger partial charge on any atom is -0.497 e. The molecule has 1 amide bonds. The molecule has 0 aliphatic rings. The number of carbonyl (C=O) groups is 1. The zero-order valence-electron chi connectivity index (χ0n) is 14.4. The molecule has 0 spiro atoms. The van der Waals surface area contributed by atoms with Gasteiger partial charge in [0.05, 0.1) is 19.2 Å². The molecule has 0 aliphatic carbocycles. The van der Waals surface area contributed by atoms with Crippen molar-refractivity contribution in [3.63, 3.8) is 0 Å². The number of aromatic nitrogens is 4. The maximum absolute atomic E-state index is 12.3. The third-order valence-electron chi connectivity index (χ3n) is 3.65. The minimum absolute atomic E-state index is 0.161. The second kappa shape index (κ2) is 7.12. The summed E-state index contributed by atoms with van der Waals surface area (Å²) in [6.07, 6.45) is 1.64. The molecule has 3 rings (SSSR count). The molecule has 0 unspecified atom stereocenters. The molecule has 7 heteroatoms. The third-order valence-corrected chi connectivity index (χ3v) is 3.65. The fourth-order valence-electron chi connectivity index (χ4n) is 2.55. The number of aryl methyl sites for hydroxylation is 2. The van der Waals surface area contributed by atoms with Crippen molar-refractivity contribution >= 4 is 11.7 Å². The maximum atomic E-state index is 12.3. The van der Waals surface area contributed by atoms with Crippen LogP contribution in [0.2, 0.25) is 0 Å². The summed E-state index contributed by atoms with van der Waals surface area (Å²) >= 11 is 0. The normalized spacial score (nSPS) is 10.5. The molecule has 0 saturated carbocycles. The van der Waals surface area contributed by atoms with Gasteiger partial charge in [0.1, 0.15) is 17.9 Å². The summed E-state index contributed by atoms with van der Waals surface area (Å²) in [7, 11) is 1.60. The molecule has 2 heterocycles. The standard InChI is InChI=1S/C18H19N5O2/c1-12-7-13(2)23(22-12)17-10-16(19-11-20-17)21-18(24)9-14-5-4-6-15(8-14)25-3/h4-8,10-11H,9H2,1-3H3,(H,19,20,21,24). The number of anilines is 1. The number of carbonyl (C=O) groups excluding carboxylic acids is 1. The molecule has 25 heavy (non-hydrogen) atoms. The van der Waals surface area contributed by atoms with Crippen molar-refractivity contribution in [3.05, 3.63) is 59.7 Å². The highest BCUT2D eigenvalue weighted by molar-refractivity contribution is 5.91. The molecular formula is C18H19N5O2. The van der Waals surface area contributed by atoms with Crippen molar-refractivity contribution in [2.75, 3.05) is 12.4 Å². The van der Waals surface area contributed by atoms with Crippen molar-refractivity contribution in [3.8, 4) is 11.6 Å². The van der Waals surface area contributed by atoms with Gasteiger partial charge in [-0.05, 0) is 37.6 Å². The van der Waals surface area contributed by atoms with E-state index in [2.05, 4.69) is 20.4 Å². The molecule has 0 fully saturated rings. The lowest BCUT2D eigenvalue weighted by molar-refractivity contribution is -0.115. The van der Waals surface area contributed by atoms with Crippen LogP contribution in [0.3, 0.4) is 0 Å². The second-order valence-corrected chi connectivity index (χ2v) is 5.68. The third kappa shape index (κ3) is 4.00. The van der Waals surface area contributed by atoms with E-state index in [-0.39, 0.29) is 12.3 Å². The Bertz CT molecular complexity index is 904. The lowest BCUT2D eigenvalue weighted by Gasteiger charge is -2.08. The van der Waals surface area contributed by atoms with Gasteiger partial charge in [-0.2, -0.15) is 5.10 Å². The topological polar surface area (TPSA) is 81.9 Å². The van der Waals surface area contributed by atoms with Crippen LogP contribution in [0.5, 0.6) is 5.75 Å². The van der Waals surface area contributed by atoms with Crippen LogP contribution in [-0.4, -0.2) is 32.8 Å². The average molecular weight is 337 g/mol. The van der Waals surface area contributed by atoms with E-state index in [0.717, 1.165) is 22.7 Å². The first kappa shape index (κ1) is 16.6. The average Bonchev–Trinajstić information content (AvgIpc) is 2.93. The molecule has 1 aromatic carbocycles. The number of hydrogen-bond acceptors (Lipinski definition) is 5. The molecule has 2 aromatic heterocycles. The van der Waals surface area contributed by atoms with Crippen molar-refractivity contribution < 1.29 is 9.53 Å². The van der Waals surface area contributed by atoms with Crippen LogP contribution in [-0.2, 0) is 11.2 Å². The number of methoxy groups -OCH3 is 1. The van der Waals surface area contributed by atoms with Gasteiger partial charge in [0.15, 0.2) is 5.82 Å². The van der Waals surface area contributed by atoms with E-state index in [1.54, 1.807) is 17.9 Å². The Hall–Kier alpha value is -3.22. The summed E-state index contributed by atoms with van der Waals surface area (Å²) in [6, 6.07) is 11.1. The summed E-state index contributed by atoms with van der Waals surface area (Å²) in [4.78, 5) is 20.6. The van der Waals surface area contributed by atoms with E-state index in [4.69, 9.17) is 4.74 Å². The van der Waals surface area contributed by atoms with Gasteiger partial charge in [0, 0.05) is 11.8 Å². The Balaban J connectivity index is 1.73. The van der Waals surface area contributed by atoms with E-state index < -0.39 is 0 Å². The number of benzene rings is 1. The van der Waals surface area contributed by atoms with Gasteiger partial charge in [-0.1, -0.05) is 12.1 Å². The first-order valence-corrected chi connectivity index (χ1v) is 7.83. The minimum atomic E-state index is -0.161. The number of rotatable bonds is 5. The summed E-state index contributed by atoms with van der Waals surface area (Å²) in [5, 5.41) is 7.18. The second-order valence-electron chi connectivity index (χ2n) is 5.68. The lowest BCUT2D eigenvalue weighted by atomic mass is 10.1. The highest BCUT2D eigenvalue weighted by atomic mass is 16.5. The highest BCUT2D eigenvalue weighted by Gasteiger charge is 2.09. The van der Waals surface area contributed by atoms with E-state index in [1.165, 1.54) is 6.33 Å².